The molecule has 21 heavy (non-hydrogen) atoms. The first-order valence-corrected chi connectivity index (χ1v) is 7.95. The van der Waals surface area contributed by atoms with Gasteiger partial charge in [-0.3, -0.25) is 4.90 Å². The highest BCUT2D eigenvalue weighted by atomic mass is 35.5. The second kappa shape index (κ2) is 7.19. The maximum absolute atomic E-state index is 5.95. The zero-order valence-corrected chi connectivity index (χ0v) is 14.0. The number of hydrogen-bond donors (Lipinski definition) is 0. The van der Waals surface area contributed by atoms with Crippen LogP contribution in [0.3, 0.4) is 0 Å². The Bertz CT molecular complexity index is 551. The average molecular weight is 306 g/mol. The predicted octanol–water partition coefficient (Wildman–Crippen LogP) is 4.40. The van der Waals surface area contributed by atoms with Crippen molar-refractivity contribution in [1.82, 2.24) is 14.9 Å². The fourth-order valence-corrected chi connectivity index (χ4v) is 3.23. The number of likely N-dealkylation sites (N-methyl/N-ethyl adjacent to an activating group) is 1. The molecular weight excluding hydrogens is 282 g/mol. The molecule has 0 N–H and O–H groups in total. The van der Waals surface area contributed by atoms with E-state index in [4.69, 9.17) is 11.6 Å². The molecule has 1 atom stereocenters. The van der Waals surface area contributed by atoms with Gasteiger partial charge in [0.15, 0.2) is 0 Å². The summed E-state index contributed by atoms with van der Waals surface area (Å²) >= 11 is 5.95. The Morgan fingerprint density at radius 3 is 2.90 bits per heavy atom. The molecule has 114 valence electrons. The van der Waals surface area contributed by atoms with Crippen LogP contribution in [0.1, 0.15) is 45.2 Å². The van der Waals surface area contributed by atoms with Crippen molar-refractivity contribution in [2.45, 2.75) is 52.1 Å². The van der Waals surface area contributed by atoms with E-state index in [1.54, 1.807) is 0 Å². The Labute approximate surface area is 132 Å². The van der Waals surface area contributed by atoms with E-state index in [0.717, 1.165) is 25.1 Å². The molecule has 1 aliphatic rings. The predicted molar refractivity (Wildman–Crippen MR) is 88.3 cm³/mol. The van der Waals surface area contributed by atoms with Gasteiger partial charge in [0.25, 0.3) is 0 Å². The highest BCUT2D eigenvalue weighted by molar-refractivity contribution is 6.29. The van der Waals surface area contributed by atoms with E-state index < -0.39 is 0 Å². The minimum absolute atomic E-state index is 0.431. The highest BCUT2D eigenvalue weighted by Crippen LogP contribution is 2.34. The molecule has 0 aliphatic heterocycles. The lowest BCUT2D eigenvalue weighted by Crippen LogP contribution is -2.36. The first-order valence-electron chi connectivity index (χ1n) is 7.57. The molecule has 1 saturated carbocycles. The van der Waals surface area contributed by atoms with Gasteiger partial charge in [0.05, 0.1) is 5.69 Å². The zero-order valence-electron chi connectivity index (χ0n) is 13.2. The van der Waals surface area contributed by atoms with E-state index in [9.17, 15) is 0 Å². The van der Waals surface area contributed by atoms with Crippen molar-refractivity contribution >= 4 is 11.6 Å². The van der Waals surface area contributed by atoms with Gasteiger partial charge in [-0.2, -0.15) is 0 Å². The molecule has 0 amide bonds. The van der Waals surface area contributed by atoms with E-state index >= 15 is 0 Å². The Balaban J connectivity index is 2.20. The van der Waals surface area contributed by atoms with E-state index in [0.29, 0.717) is 11.2 Å². The molecule has 3 nitrogen and oxygen atoms in total. The van der Waals surface area contributed by atoms with Crippen molar-refractivity contribution in [2.24, 2.45) is 0 Å². The molecule has 4 heteroatoms. The summed E-state index contributed by atoms with van der Waals surface area (Å²) in [6, 6.07) is 2.27. The van der Waals surface area contributed by atoms with Crippen LogP contribution in [0, 0.1) is 0 Å². The summed E-state index contributed by atoms with van der Waals surface area (Å²) < 4.78 is 0. The lowest BCUT2D eigenvalue weighted by Gasteiger charge is -2.36. The van der Waals surface area contributed by atoms with Crippen LogP contribution in [-0.4, -0.2) is 28.0 Å². The molecule has 0 radical (unpaired) electrons. The molecule has 1 aliphatic carbocycles. The second-order valence-electron chi connectivity index (χ2n) is 5.81. The van der Waals surface area contributed by atoms with Crippen molar-refractivity contribution in [1.29, 1.82) is 0 Å². The summed E-state index contributed by atoms with van der Waals surface area (Å²) in [6.45, 7) is 9.51. The summed E-state index contributed by atoms with van der Waals surface area (Å²) in [7, 11) is 2.15. The van der Waals surface area contributed by atoms with Gasteiger partial charge in [0.1, 0.15) is 11.5 Å². The highest BCUT2D eigenvalue weighted by Gasteiger charge is 2.26. The fourth-order valence-electron chi connectivity index (χ4n) is 3.06. The fraction of sp³-hybridized carbons (Fsp3) is 0.529. The number of allylic oxidation sites excluding steroid dienone is 1. The molecule has 2 rings (SSSR count). The van der Waals surface area contributed by atoms with E-state index in [1.165, 1.54) is 35.9 Å². The van der Waals surface area contributed by atoms with E-state index in [-0.39, 0.29) is 0 Å². The Hall–Kier alpha value is -1.19. The number of aromatic nitrogens is 2. The minimum Gasteiger partial charge on any atom is -0.294 e. The largest absolute Gasteiger partial charge is 0.294 e. The third-order valence-electron chi connectivity index (χ3n) is 4.29. The molecule has 1 fully saturated rings. The maximum Gasteiger partial charge on any atom is 0.132 e. The quantitative estimate of drug-likeness (QED) is 0.772. The van der Waals surface area contributed by atoms with Crippen LogP contribution in [-0.2, 0) is 6.54 Å². The summed E-state index contributed by atoms with van der Waals surface area (Å²) in [4.78, 5) is 10.6. The van der Waals surface area contributed by atoms with Gasteiger partial charge in [0.2, 0.25) is 0 Å². The van der Waals surface area contributed by atoms with Gasteiger partial charge in [0, 0.05) is 12.6 Å². The first-order chi connectivity index (χ1) is 10.0. The molecule has 1 unspecified atom stereocenters. The van der Waals surface area contributed by atoms with Crippen molar-refractivity contribution in [3.8, 4) is 0 Å². The molecule has 0 spiro atoms. The molecule has 1 aromatic rings. The average Bonchev–Trinajstić information content (AvgIpc) is 2.46. The van der Waals surface area contributed by atoms with Crippen molar-refractivity contribution in [3.05, 3.63) is 46.5 Å². The van der Waals surface area contributed by atoms with Gasteiger partial charge in [-0.1, -0.05) is 36.2 Å². The van der Waals surface area contributed by atoms with E-state index in [2.05, 4.69) is 42.3 Å². The Kier molecular flexibility index (Phi) is 5.54. The van der Waals surface area contributed by atoms with Gasteiger partial charge < -0.3 is 0 Å². The van der Waals surface area contributed by atoms with Crippen LogP contribution in [0.5, 0.6) is 0 Å². The third-order valence-corrected chi connectivity index (χ3v) is 4.50. The molecule has 1 heterocycles. The molecule has 0 aromatic carbocycles. The monoisotopic (exact) mass is 305 g/mol. The number of halogens is 1. The van der Waals surface area contributed by atoms with Crippen molar-refractivity contribution in [2.75, 3.05) is 7.05 Å². The normalized spacial score (nSPS) is 21.8. The number of rotatable bonds is 4. The second-order valence-corrected chi connectivity index (χ2v) is 6.19. The van der Waals surface area contributed by atoms with Crippen molar-refractivity contribution in [3.63, 3.8) is 0 Å². The topological polar surface area (TPSA) is 29.0 Å². The Morgan fingerprint density at radius 1 is 1.48 bits per heavy atom. The summed E-state index contributed by atoms with van der Waals surface area (Å²) in [5.74, 6) is 0. The van der Waals surface area contributed by atoms with Gasteiger partial charge >= 0.3 is 0 Å². The van der Waals surface area contributed by atoms with Crippen LogP contribution in [0.4, 0.5) is 0 Å². The summed E-state index contributed by atoms with van der Waals surface area (Å²) in [5, 5.41) is 0.502. The molecular formula is C17H24ClN3. The van der Waals surface area contributed by atoms with Gasteiger partial charge in [-0.25, -0.2) is 9.97 Å². The number of nitrogens with zero attached hydrogens (tertiary/aromatic N) is 3. The summed E-state index contributed by atoms with van der Waals surface area (Å²) in [5.41, 5.74) is 5.17. The SMILES string of the molecule is C=C1CCCC(N(C)Cc2cc(Cl)ncn2)C1=C(C)CC. The lowest BCUT2D eigenvalue weighted by atomic mass is 9.82. The van der Waals surface area contributed by atoms with Crippen molar-refractivity contribution < 1.29 is 0 Å². The van der Waals surface area contributed by atoms with E-state index in [1.807, 2.05) is 6.07 Å². The summed E-state index contributed by atoms with van der Waals surface area (Å²) in [6.07, 6.45) is 6.12. The molecule has 1 aromatic heterocycles. The smallest absolute Gasteiger partial charge is 0.132 e. The standard InChI is InChI=1S/C17H24ClN3/c1-5-12(2)17-13(3)7-6-8-15(17)21(4)10-14-9-16(18)20-11-19-14/h9,11,15H,3,5-8,10H2,1-2,4H3. The lowest BCUT2D eigenvalue weighted by molar-refractivity contribution is 0.237. The third kappa shape index (κ3) is 3.92. The molecule has 0 saturated heterocycles. The van der Waals surface area contributed by atoms with Crippen LogP contribution in [0.15, 0.2) is 35.7 Å². The van der Waals surface area contributed by atoms with Crippen LogP contribution in [0.2, 0.25) is 5.15 Å². The van der Waals surface area contributed by atoms with Gasteiger partial charge in [-0.15, -0.1) is 0 Å². The van der Waals surface area contributed by atoms with Crippen LogP contribution in [0.25, 0.3) is 0 Å². The Morgan fingerprint density at radius 2 is 2.24 bits per heavy atom. The molecule has 0 bridgehead atoms. The number of hydrogen-bond acceptors (Lipinski definition) is 3. The van der Waals surface area contributed by atoms with Crippen LogP contribution < -0.4 is 0 Å². The first kappa shape index (κ1) is 16.2. The van der Waals surface area contributed by atoms with Crippen LogP contribution >= 0.6 is 11.6 Å². The zero-order chi connectivity index (χ0) is 15.4. The van der Waals surface area contributed by atoms with Gasteiger partial charge in [-0.05, 0) is 51.3 Å². The minimum atomic E-state index is 0.431. The maximum atomic E-state index is 5.95.